The number of aryl methyl sites for hydroxylation is 1. The summed E-state index contributed by atoms with van der Waals surface area (Å²) in [6.07, 6.45) is 3.20. The standard InChI is InChI=1S/C16H18N2O5S/c1-4-11-9(3)24-15(12(11)16(21)22)18-13(19)8(2)17-14(20)10-5-6-23-7-10/h5-8H,4H2,1-3H3,(H,17,20)(H,18,19)(H,21,22). The summed E-state index contributed by atoms with van der Waals surface area (Å²) in [4.78, 5) is 36.5. The van der Waals surface area contributed by atoms with Crippen LogP contribution in [0.1, 0.15) is 45.0 Å². The molecule has 0 fully saturated rings. The van der Waals surface area contributed by atoms with Crippen LogP contribution in [0.15, 0.2) is 23.0 Å². The molecule has 0 saturated heterocycles. The minimum atomic E-state index is -1.08. The Labute approximate surface area is 142 Å². The number of nitrogens with one attached hydrogen (secondary N) is 2. The first-order valence-electron chi connectivity index (χ1n) is 7.34. The van der Waals surface area contributed by atoms with Gasteiger partial charge in [-0.2, -0.15) is 0 Å². The van der Waals surface area contributed by atoms with Crippen LogP contribution in [0.5, 0.6) is 0 Å². The Kier molecular flexibility index (Phi) is 5.40. The maximum Gasteiger partial charge on any atom is 0.339 e. The molecule has 1 atom stereocenters. The van der Waals surface area contributed by atoms with Gasteiger partial charge in [0.1, 0.15) is 17.3 Å². The van der Waals surface area contributed by atoms with Crippen molar-refractivity contribution in [1.29, 1.82) is 0 Å². The van der Waals surface area contributed by atoms with Gasteiger partial charge >= 0.3 is 5.97 Å². The summed E-state index contributed by atoms with van der Waals surface area (Å²) in [5.74, 6) is -2.01. The molecule has 2 heterocycles. The van der Waals surface area contributed by atoms with Crippen LogP contribution in [-0.2, 0) is 11.2 Å². The van der Waals surface area contributed by atoms with Crippen molar-refractivity contribution in [2.75, 3.05) is 5.32 Å². The number of carboxylic acid groups (broad SMARTS) is 1. The fraction of sp³-hybridized carbons (Fsp3) is 0.312. The molecular formula is C16H18N2O5S. The molecule has 2 aromatic rings. The second-order valence-electron chi connectivity index (χ2n) is 5.20. The fourth-order valence-electron chi connectivity index (χ4n) is 2.28. The Morgan fingerprint density at radius 3 is 2.62 bits per heavy atom. The van der Waals surface area contributed by atoms with Crippen LogP contribution >= 0.6 is 11.3 Å². The highest BCUT2D eigenvalue weighted by atomic mass is 32.1. The second-order valence-corrected chi connectivity index (χ2v) is 6.42. The third-order valence-corrected chi connectivity index (χ3v) is 4.60. The monoisotopic (exact) mass is 350 g/mol. The molecule has 8 heteroatoms. The molecule has 24 heavy (non-hydrogen) atoms. The van der Waals surface area contributed by atoms with Crippen molar-refractivity contribution >= 4 is 34.1 Å². The lowest BCUT2D eigenvalue weighted by atomic mass is 10.1. The van der Waals surface area contributed by atoms with Gasteiger partial charge in [-0.1, -0.05) is 6.92 Å². The summed E-state index contributed by atoms with van der Waals surface area (Å²) in [6.45, 7) is 5.20. The molecule has 128 valence electrons. The Morgan fingerprint density at radius 1 is 1.38 bits per heavy atom. The van der Waals surface area contributed by atoms with Gasteiger partial charge in [-0.15, -0.1) is 11.3 Å². The van der Waals surface area contributed by atoms with Crippen molar-refractivity contribution in [1.82, 2.24) is 5.32 Å². The number of amides is 2. The van der Waals surface area contributed by atoms with Crippen molar-refractivity contribution in [3.8, 4) is 0 Å². The number of carbonyl (C=O) groups excluding carboxylic acids is 2. The molecule has 0 saturated carbocycles. The van der Waals surface area contributed by atoms with Gasteiger partial charge in [0.15, 0.2) is 0 Å². The number of carbonyl (C=O) groups is 3. The predicted molar refractivity (Wildman–Crippen MR) is 89.7 cm³/mol. The van der Waals surface area contributed by atoms with Gasteiger partial charge < -0.3 is 20.2 Å². The molecule has 0 aliphatic carbocycles. The molecule has 2 aromatic heterocycles. The summed E-state index contributed by atoms with van der Waals surface area (Å²) in [6, 6.07) is 0.653. The molecule has 3 N–H and O–H groups in total. The quantitative estimate of drug-likeness (QED) is 0.742. The zero-order chi connectivity index (χ0) is 17.9. The van der Waals surface area contributed by atoms with Crippen molar-refractivity contribution in [3.63, 3.8) is 0 Å². The number of anilines is 1. The maximum atomic E-state index is 12.3. The third kappa shape index (κ3) is 3.65. The highest BCUT2D eigenvalue weighted by Crippen LogP contribution is 2.33. The smallest absolute Gasteiger partial charge is 0.339 e. The minimum absolute atomic E-state index is 0.113. The van der Waals surface area contributed by atoms with Crippen LogP contribution < -0.4 is 10.6 Å². The number of aromatic carboxylic acids is 1. The number of carboxylic acids is 1. The van der Waals surface area contributed by atoms with E-state index in [0.717, 1.165) is 4.88 Å². The molecule has 0 spiro atoms. The number of hydrogen-bond donors (Lipinski definition) is 3. The van der Waals surface area contributed by atoms with Crippen LogP contribution in [0.3, 0.4) is 0 Å². The van der Waals surface area contributed by atoms with E-state index >= 15 is 0 Å². The van der Waals surface area contributed by atoms with Crippen molar-refractivity contribution < 1.29 is 23.9 Å². The zero-order valence-corrected chi connectivity index (χ0v) is 14.3. The van der Waals surface area contributed by atoms with E-state index in [-0.39, 0.29) is 10.6 Å². The normalized spacial score (nSPS) is 11.8. The molecule has 0 radical (unpaired) electrons. The van der Waals surface area contributed by atoms with Gasteiger partial charge in [0.25, 0.3) is 5.91 Å². The summed E-state index contributed by atoms with van der Waals surface area (Å²) in [5.41, 5.74) is 1.13. The summed E-state index contributed by atoms with van der Waals surface area (Å²) in [5, 5.41) is 14.8. The number of furan rings is 1. The van der Waals surface area contributed by atoms with Gasteiger partial charge in [0.05, 0.1) is 17.4 Å². The average Bonchev–Trinajstić information content (AvgIpc) is 3.14. The van der Waals surface area contributed by atoms with E-state index in [9.17, 15) is 19.5 Å². The molecule has 2 rings (SSSR count). The van der Waals surface area contributed by atoms with Crippen LogP contribution in [0.2, 0.25) is 0 Å². The number of hydrogen-bond acceptors (Lipinski definition) is 5. The summed E-state index contributed by atoms with van der Waals surface area (Å²) < 4.78 is 4.82. The maximum absolute atomic E-state index is 12.3. The number of rotatable bonds is 6. The van der Waals surface area contributed by atoms with Gasteiger partial charge in [-0.3, -0.25) is 9.59 Å². The van der Waals surface area contributed by atoms with Crippen LogP contribution in [-0.4, -0.2) is 28.9 Å². The van der Waals surface area contributed by atoms with E-state index < -0.39 is 23.8 Å². The van der Waals surface area contributed by atoms with E-state index in [4.69, 9.17) is 4.42 Å². The first-order chi connectivity index (χ1) is 11.3. The van der Waals surface area contributed by atoms with Gasteiger partial charge in [0, 0.05) is 4.88 Å². The van der Waals surface area contributed by atoms with Crippen LogP contribution in [0.4, 0.5) is 5.00 Å². The molecule has 0 bridgehead atoms. The first-order valence-corrected chi connectivity index (χ1v) is 8.16. The largest absolute Gasteiger partial charge is 0.478 e. The molecule has 0 aliphatic heterocycles. The molecule has 0 aromatic carbocycles. The van der Waals surface area contributed by atoms with E-state index in [2.05, 4.69) is 10.6 Å². The zero-order valence-electron chi connectivity index (χ0n) is 13.5. The van der Waals surface area contributed by atoms with E-state index in [1.807, 2.05) is 13.8 Å². The SMILES string of the molecule is CCc1c(C)sc(NC(=O)C(C)NC(=O)c2ccoc2)c1C(=O)O. The summed E-state index contributed by atoms with van der Waals surface area (Å²) >= 11 is 1.22. The second kappa shape index (κ2) is 7.31. The molecular weight excluding hydrogens is 332 g/mol. The van der Waals surface area contributed by atoms with Crippen molar-refractivity contribution in [2.45, 2.75) is 33.2 Å². The van der Waals surface area contributed by atoms with Gasteiger partial charge in [-0.05, 0) is 31.9 Å². The highest BCUT2D eigenvalue weighted by molar-refractivity contribution is 7.16. The first kappa shape index (κ1) is 17.7. The molecule has 7 nitrogen and oxygen atoms in total. The van der Waals surface area contributed by atoms with E-state index in [1.54, 1.807) is 0 Å². The lowest BCUT2D eigenvalue weighted by molar-refractivity contribution is -0.117. The Bertz CT molecular complexity index is 764. The van der Waals surface area contributed by atoms with Crippen LogP contribution in [0, 0.1) is 6.92 Å². The third-order valence-electron chi connectivity index (χ3n) is 3.54. The fourth-order valence-corrected chi connectivity index (χ4v) is 3.42. The number of thiophene rings is 1. The average molecular weight is 350 g/mol. The highest BCUT2D eigenvalue weighted by Gasteiger charge is 2.24. The lowest BCUT2D eigenvalue weighted by Gasteiger charge is -2.13. The molecule has 1 unspecified atom stereocenters. The Hall–Kier alpha value is -2.61. The van der Waals surface area contributed by atoms with Gasteiger partial charge in [-0.25, -0.2) is 4.79 Å². The lowest BCUT2D eigenvalue weighted by Crippen LogP contribution is -2.41. The molecule has 2 amide bonds. The van der Waals surface area contributed by atoms with Crippen LogP contribution in [0.25, 0.3) is 0 Å². The van der Waals surface area contributed by atoms with E-state index in [0.29, 0.717) is 17.5 Å². The van der Waals surface area contributed by atoms with Crippen molar-refractivity contribution in [3.05, 3.63) is 40.2 Å². The van der Waals surface area contributed by atoms with E-state index in [1.165, 1.54) is 36.9 Å². The Morgan fingerprint density at radius 2 is 2.08 bits per heavy atom. The minimum Gasteiger partial charge on any atom is -0.478 e. The Balaban J connectivity index is 2.12. The topological polar surface area (TPSA) is 109 Å². The van der Waals surface area contributed by atoms with Gasteiger partial charge in [0.2, 0.25) is 5.91 Å². The van der Waals surface area contributed by atoms with Crippen molar-refractivity contribution in [2.24, 2.45) is 0 Å². The summed E-state index contributed by atoms with van der Waals surface area (Å²) in [7, 11) is 0. The molecule has 0 aliphatic rings. The predicted octanol–water partition coefficient (Wildman–Crippen LogP) is 2.67.